The van der Waals surface area contributed by atoms with Crippen molar-refractivity contribution in [2.75, 3.05) is 26.7 Å². The third-order valence-electron chi connectivity index (χ3n) is 5.33. The van der Waals surface area contributed by atoms with E-state index in [9.17, 15) is 4.79 Å². The van der Waals surface area contributed by atoms with Gasteiger partial charge in [-0.05, 0) is 43.1 Å². The van der Waals surface area contributed by atoms with Crippen LogP contribution < -0.4 is 4.74 Å². The van der Waals surface area contributed by atoms with Gasteiger partial charge in [0.1, 0.15) is 12.4 Å². The first-order chi connectivity index (χ1) is 14.1. The van der Waals surface area contributed by atoms with E-state index in [1.165, 1.54) is 24.8 Å². The number of aliphatic carboxylic acids is 1. The Morgan fingerprint density at radius 1 is 1.07 bits per heavy atom. The Hall–Kier alpha value is -2.37. The number of ether oxygens (including phenoxy) is 2. The molecule has 0 bridgehead atoms. The van der Waals surface area contributed by atoms with E-state index in [1.54, 1.807) is 11.9 Å². The second-order valence-electron chi connectivity index (χ2n) is 7.74. The summed E-state index contributed by atoms with van der Waals surface area (Å²) in [7, 11) is 1.78. The lowest BCUT2D eigenvalue weighted by Crippen LogP contribution is -2.29. The first-order valence-corrected chi connectivity index (χ1v) is 10.4. The van der Waals surface area contributed by atoms with Crippen molar-refractivity contribution >= 4 is 5.97 Å². The van der Waals surface area contributed by atoms with Crippen LogP contribution in [0, 0.1) is 0 Å². The Morgan fingerprint density at radius 2 is 1.83 bits per heavy atom. The van der Waals surface area contributed by atoms with Crippen molar-refractivity contribution in [3.8, 4) is 16.9 Å². The number of nitrogens with zero attached hydrogens (tertiary/aromatic N) is 1. The zero-order chi connectivity index (χ0) is 20.5. The number of rotatable bonds is 10. The quantitative estimate of drug-likeness (QED) is 0.635. The highest BCUT2D eigenvalue weighted by molar-refractivity contribution is 5.69. The summed E-state index contributed by atoms with van der Waals surface area (Å²) < 4.78 is 12.2. The highest BCUT2D eigenvalue weighted by Gasteiger charge is 2.15. The van der Waals surface area contributed by atoms with E-state index < -0.39 is 5.97 Å². The fourth-order valence-electron chi connectivity index (χ4n) is 3.70. The summed E-state index contributed by atoms with van der Waals surface area (Å²) in [6.45, 7) is 1.53. The van der Waals surface area contributed by atoms with Crippen LogP contribution >= 0.6 is 0 Å². The van der Waals surface area contributed by atoms with Gasteiger partial charge in [-0.2, -0.15) is 0 Å². The lowest BCUT2D eigenvalue weighted by molar-refractivity contribution is -0.138. The van der Waals surface area contributed by atoms with Gasteiger partial charge < -0.3 is 14.6 Å². The smallest absolute Gasteiger partial charge is 0.317 e. The number of carbonyl (C=O) groups is 1. The van der Waals surface area contributed by atoms with Crippen LogP contribution in [0.25, 0.3) is 11.1 Å². The van der Waals surface area contributed by atoms with Crippen LogP contribution in [0.1, 0.15) is 37.7 Å². The molecule has 156 valence electrons. The van der Waals surface area contributed by atoms with Gasteiger partial charge in [0.15, 0.2) is 0 Å². The van der Waals surface area contributed by atoms with Crippen LogP contribution in [0.2, 0.25) is 0 Å². The Labute approximate surface area is 173 Å². The molecule has 5 heteroatoms. The molecule has 1 aliphatic rings. The molecule has 2 aromatic rings. The van der Waals surface area contributed by atoms with Gasteiger partial charge >= 0.3 is 5.97 Å². The number of likely N-dealkylation sites (N-methyl/N-ethyl adjacent to an activating group) is 1. The van der Waals surface area contributed by atoms with Gasteiger partial charge in [-0.25, -0.2) is 0 Å². The molecule has 1 saturated carbocycles. The normalized spacial score (nSPS) is 14.8. The molecule has 2 aromatic carbocycles. The summed E-state index contributed by atoms with van der Waals surface area (Å²) in [6, 6.07) is 16.5. The van der Waals surface area contributed by atoms with E-state index >= 15 is 0 Å². The van der Waals surface area contributed by atoms with Crippen molar-refractivity contribution in [1.82, 2.24) is 4.90 Å². The van der Waals surface area contributed by atoms with Crippen LogP contribution in [-0.4, -0.2) is 48.8 Å². The number of carboxylic acids is 1. The summed E-state index contributed by atoms with van der Waals surface area (Å²) in [4.78, 5) is 12.5. The van der Waals surface area contributed by atoms with E-state index in [-0.39, 0.29) is 6.54 Å². The standard InChI is InChI=1S/C24H31NO4/c1-25(17-24(26)27)14-15-28-23-13-12-20(19-8-4-2-5-9-19)16-21(23)18-29-22-10-6-3-7-11-22/h2,4-5,8-9,12-13,16,22H,3,6-7,10-11,14-15,17-18H2,1H3,(H,26,27). The van der Waals surface area contributed by atoms with Gasteiger partial charge in [0.2, 0.25) is 0 Å². The van der Waals surface area contributed by atoms with E-state index in [4.69, 9.17) is 14.6 Å². The van der Waals surface area contributed by atoms with Gasteiger partial charge in [0.05, 0.1) is 19.3 Å². The van der Waals surface area contributed by atoms with Crippen LogP contribution in [0.3, 0.4) is 0 Å². The largest absolute Gasteiger partial charge is 0.492 e. The maximum atomic E-state index is 10.8. The topological polar surface area (TPSA) is 59.0 Å². The van der Waals surface area contributed by atoms with Gasteiger partial charge in [-0.1, -0.05) is 55.7 Å². The summed E-state index contributed by atoms with van der Waals surface area (Å²) in [5, 5.41) is 8.88. The summed E-state index contributed by atoms with van der Waals surface area (Å²) in [6.07, 6.45) is 6.39. The first kappa shape index (κ1) is 21.3. The summed E-state index contributed by atoms with van der Waals surface area (Å²) in [5.74, 6) is -0.0227. The Bertz CT molecular complexity index is 772. The molecule has 1 fully saturated rings. The molecule has 0 saturated heterocycles. The monoisotopic (exact) mass is 397 g/mol. The van der Waals surface area contributed by atoms with Crippen LogP contribution in [0.15, 0.2) is 48.5 Å². The molecule has 0 aliphatic heterocycles. The van der Waals surface area contributed by atoms with Gasteiger partial charge in [0, 0.05) is 12.1 Å². The molecule has 1 aliphatic carbocycles. The molecule has 0 aromatic heterocycles. The molecule has 0 atom stereocenters. The van der Waals surface area contributed by atoms with Crippen LogP contribution in [0.4, 0.5) is 0 Å². The first-order valence-electron chi connectivity index (χ1n) is 10.4. The molecular weight excluding hydrogens is 366 g/mol. The maximum absolute atomic E-state index is 10.8. The zero-order valence-corrected chi connectivity index (χ0v) is 17.2. The second kappa shape index (κ2) is 11.0. The van der Waals surface area contributed by atoms with Crippen molar-refractivity contribution in [3.63, 3.8) is 0 Å². The van der Waals surface area contributed by atoms with Crippen molar-refractivity contribution < 1.29 is 19.4 Å². The van der Waals surface area contributed by atoms with Crippen molar-refractivity contribution in [3.05, 3.63) is 54.1 Å². The van der Waals surface area contributed by atoms with E-state index in [1.807, 2.05) is 24.3 Å². The van der Waals surface area contributed by atoms with Crippen molar-refractivity contribution in [1.29, 1.82) is 0 Å². The summed E-state index contributed by atoms with van der Waals surface area (Å²) >= 11 is 0. The van der Waals surface area contributed by atoms with Crippen molar-refractivity contribution in [2.45, 2.75) is 44.8 Å². The molecule has 0 heterocycles. The molecular formula is C24H31NO4. The van der Waals surface area contributed by atoms with Crippen LogP contribution in [0.5, 0.6) is 5.75 Å². The van der Waals surface area contributed by atoms with E-state index in [0.29, 0.717) is 25.9 Å². The highest BCUT2D eigenvalue weighted by atomic mass is 16.5. The minimum atomic E-state index is -0.832. The van der Waals surface area contributed by atoms with E-state index in [2.05, 4.69) is 24.3 Å². The molecule has 0 spiro atoms. The number of hydrogen-bond acceptors (Lipinski definition) is 4. The molecule has 5 nitrogen and oxygen atoms in total. The third kappa shape index (κ3) is 6.87. The molecule has 1 N–H and O–H groups in total. The second-order valence-corrected chi connectivity index (χ2v) is 7.74. The molecule has 0 amide bonds. The van der Waals surface area contributed by atoms with Crippen molar-refractivity contribution in [2.24, 2.45) is 0 Å². The lowest BCUT2D eigenvalue weighted by Gasteiger charge is -2.23. The van der Waals surface area contributed by atoms with Gasteiger partial charge in [-0.15, -0.1) is 0 Å². The highest BCUT2D eigenvalue weighted by Crippen LogP contribution is 2.29. The maximum Gasteiger partial charge on any atom is 0.317 e. The third-order valence-corrected chi connectivity index (χ3v) is 5.33. The average molecular weight is 398 g/mol. The number of carboxylic acid groups (broad SMARTS) is 1. The fraction of sp³-hybridized carbons (Fsp3) is 0.458. The van der Waals surface area contributed by atoms with Gasteiger partial charge in [-0.3, -0.25) is 9.69 Å². The zero-order valence-electron chi connectivity index (χ0n) is 17.2. The Morgan fingerprint density at radius 3 is 2.55 bits per heavy atom. The van der Waals surface area contributed by atoms with Crippen LogP contribution in [-0.2, 0) is 16.1 Å². The average Bonchev–Trinajstić information content (AvgIpc) is 2.73. The minimum Gasteiger partial charge on any atom is -0.492 e. The SMILES string of the molecule is CN(CCOc1ccc(-c2ccccc2)cc1COC1CCCCC1)CC(=O)O. The fourth-order valence-corrected chi connectivity index (χ4v) is 3.70. The predicted octanol–water partition coefficient (Wildman–Crippen LogP) is 4.60. The molecule has 3 rings (SSSR count). The Kier molecular flexibility index (Phi) is 8.08. The number of benzene rings is 2. The van der Waals surface area contributed by atoms with E-state index in [0.717, 1.165) is 29.7 Å². The van der Waals surface area contributed by atoms with Gasteiger partial charge in [0.25, 0.3) is 0 Å². The number of hydrogen-bond donors (Lipinski definition) is 1. The molecule has 0 unspecified atom stereocenters. The lowest BCUT2D eigenvalue weighted by atomic mass is 9.97. The molecule has 29 heavy (non-hydrogen) atoms. The summed E-state index contributed by atoms with van der Waals surface area (Å²) in [5.41, 5.74) is 3.35. The predicted molar refractivity (Wildman–Crippen MR) is 114 cm³/mol. The Balaban J connectivity index is 1.68. The minimum absolute atomic E-state index is 0.00789. The molecule has 0 radical (unpaired) electrons.